The lowest BCUT2D eigenvalue weighted by molar-refractivity contribution is 0.316. The average molecular weight is 306 g/mol. The Morgan fingerprint density at radius 2 is 1.81 bits per heavy atom. The summed E-state index contributed by atoms with van der Waals surface area (Å²) in [7, 11) is 0. The molecule has 0 saturated carbocycles. The standard InChI is InChI=1S/C16H26N4S/c1-6-13-18-15(17-9-10-20(7-2)8-3)14-11(4)12(5)21-16(14)19-13/h6-10H2,1-5H3,(H,17,18,19). The third-order valence-electron chi connectivity index (χ3n) is 4.01. The number of likely N-dealkylation sites (N-methyl/N-ethyl adjacent to an activating group) is 1. The first-order chi connectivity index (χ1) is 10.1. The van der Waals surface area contributed by atoms with Gasteiger partial charge in [-0.05, 0) is 32.5 Å². The fraction of sp³-hybridized carbons (Fsp3) is 0.625. The number of nitrogens with zero attached hydrogens (tertiary/aromatic N) is 3. The van der Waals surface area contributed by atoms with Crippen LogP contribution < -0.4 is 5.32 Å². The van der Waals surface area contributed by atoms with Gasteiger partial charge in [-0.2, -0.15) is 0 Å². The van der Waals surface area contributed by atoms with Crippen LogP contribution in [0.5, 0.6) is 0 Å². The van der Waals surface area contributed by atoms with Crippen molar-refractivity contribution < 1.29 is 0 Å². The van der Waals surface area contributed by atoms with Crippen molar-refractivity contribution in [3.63, 3.8) is 0 Å². The van der Waals surface area contributed by atoms with Crippen LogP contribution in [0.25, 0.3) is 10.2 Å². The maximum absolute atomic E-state index is 4.71. The second-order valence-electron chi connectivity index (χ2n) is 5.26. The van der Waals surface area contributed by atoms with Gasteiger partial charge in [-0.25, -0.2) is 9.97 Å². The van der Waals surface area contributed by atoms with Crippen molar-refractivity contribution >= 4 is 27.4 Å². The normalized spacial score (nSPS) is 11.5. The van der Waals surface area contributed by atoms with E-state index in [-0.39, 0.29) is 0 Å². The molecular formula is C16H26N4S. The zero-order valence-electron chi connectivity index (χ0n) is 13.8. The molecule has 2 aromatic heterocycles. The molecule has 1 N–H and O–H groups in total. The summed E-state index contributed by atoms with van der Waals surface area (Å²) in [6.45, 7) is 15.0. The van der Waals surface area contributed by atoms with E-state index >= 15 is 0 Å². The van der Waals surface area contributed by atoms with Crippen molar-refractivity contribution in [2.24, 2.45) is 0 Å². The predicted molar refractivity (Wildman–Crippen MR) is 92.5 cm³/mol. The van der Waals surface area contributed by atoms with Crippen molar-refractivity contribution in [3.05, 3.63) is 16.3 Å². The molecule has 0 aromatic carbocycles. The summed E-state index contributed by atoms with van der Waals surface area (Å²) >= 11 is 1.77. The smallest absolute Gasteiger partial charge is 0.138 e. The molecule has 0 saturated heterocycles. The van der Waals surface area contributed by atoms with Gasteiger partial charge >= 0.3 is 0 Å². The SMILES string of the molecule is CCc1nc(NCCN(CC)CC)c2c(C)c(C)sc2n1. The topological polar surface area (TPSA) is 41.1 Å². The van der Waals surface area contributed by atoms with Crippen molar-refractivity contribution in [2.75, 3.05) is 31.5 Å². The lowest BCUT2D eigenvalue weighted by Gasteiger charge is -2.18. The molecule has 0 amide bonds. The van der Waals surface area contributed by atoms with Gasteiger partial charge in [-0.1, -0.05) is 20.8 Å². The van der Waals surface area contributed by atoms with Crippen LogP contribution in [0, 0.1) is 13.8 Å². The Morgan fingerprint density at radius 3 is 2.43 bits per heavy atom. The van der Waals surface area contributed by atoms with Gasteiger partial charge in [0, 0.05) is 24.4 Å². The van der Waals surface area contributed by atoms with E-state index in [0.29, 0.717) is 0 Å². The molecule has 116 valence electrons. The second-order valence-corrected chi connectivity index (χ2v) is 6.46. The zero-order chi connectivity index (χ0) is 15.4. The first kappa shape index (κ1) is 16.2. The Kier molecular flexibility index (Phi) is 5.53. The summed E-state index contributed by atoms with van der Waals surface area (Å²) in [5.41, 5.74) is 1.31. The summed E-state index contributed by atoms with van der Waals surface area (Å²) in [6, 6.07) is 0. The van der Waals surface area contributed by atoms with Crippen LogP contribution in [0.2, 0.25) is 0 Å². The second kappa shape index (κ2) is 7.18. The average Bonchev–Trinajstić information content (AvgIpc) is 2.78. The van der Waals surface area contributed by atoms with Crippen molar-refractivity contribution in [3.8, 4) is 0 Å². The minimum Gasteiger partial charge on any atom is -0.368 e. The van der Waals surface area contributed by atoms with E-state index in [2.05, 4.69) is 49.8 Å². The van der Waals surface area contributed by atoms with Crippen molar-refractivity contribution in [2.45, 2.75) is 41.0 Å². The lowest BCUT2D eigenvalue weighted by atomic mass is 10.2. The number of hydrogen-bond donors (Lipinski definition) is 1. The molecule has 0 fully saturated rings. The molecule has 0 unspecified atom stereocenters. The highest BCUT2D eigenvalue weighted by molar-refractivity contribution is 7.18. The molecule has 0 radical (unpaired) electrons. The van der Waals surface area contributed by atoms with Crippen LogP contribution >= 0.6 is 11.3 Å². The summed E-state index contributed by atoms with van der Waals surface area (Å²) in [5.74, 6) is 1.93. The maximum Gasteiger partial charge on any atom is 0.138 e. The lowest BCUT2D eigenvalue weighted by Crippen LogP contribution is -2.28. The van der Waals surface area contributed by atoms with E-state index in [0.717, 1.165) is 49.1 Å². The predicted octanol–water partition coefficient (Wildman–Crippen LogP) is 3.62. The third kappa shape index (κ3) is 3.52. The van der Waals surface area contributed by atoms with Gasteiger partial charge in [0.2, 0.25) is 0 Å². The van der Waals surface area contributed by atoms with Gasteiger partial charge in [0.1, 0.15) is 16.5 Å². The highest BCUT2D eigenvalue weighted by Crippen LogP contribution is 2.33. The molecular weight excluding hydrogens is 280 g/mol. The van der Waals surface area contributed by atoms with Crippen LogP contribution in [0.3, 0.4) is 0 Å². The molecule has 0 aliphatic carbocycles. The number of rotatable bonds is 7. The number of aryl methyl sites for hydroxylation is 3. The molecule has 0 aliphatic heterocycles. The van der Waals surface area contributed by atoms with Gasteiger partial charge < -0.3 is 10.2 Å². The molecule has 4 nitrogen and oxygen atoms in total. The molecule has 0 spiro atoms. The first-order valence-corrected chi connectivity index (χ1v) is 8.65. The Labute approximate surface area is 131 Å². The summed E-state index contributed by atoms with van der Waals surface area (Å²) in [4.78, 5) is 14.2. The molecule has 2 heterocycles. The number of fused-ring (bicyclic) bond motifs is 1. The van der Waals surface area contributed by atoms with E-state index in [4.69, 9.17) is 4.98 Å². The van der Waals surface area contributed by atoms with E-state index in [1.165, 1.54) is 15.8 Å². The molecule has 2 rings (SSSR count). The van der Waals surface area contributed by atoms with Crippen LogP contribution in [0.4, 0.5) is 5.82 Å². The van der Waals surface area contributed by atoms with Crippen LogP contribution in [0.1, 0.15) is 37.0 Å². The summed E-state index contributed by atoms with van der Waals surface area (Å²) < 4.78 is 0. The minimum atomic E-state index is 0.872. The van der Waals surface area contributed by atoms with E-state index < -0.39 is 0 Å². The fourth-order valence-electron chi connectivity index (χ4n) is 2.45. The van der Waals surface area contributed by atoms with E-state index in [9.17, 15) is 0 Å². The van der Waals surface area contributed by atoms with Crippen LogP contribution in [-0.4, -0.2) is 41.0 Å². The molecule has 0 atom stereocenters. The highest BCUT2D eigenvalue weighted by atomic mass is 32.1. The Hall–Kier alpha value is -1.20. The Bertz CT molecular complexity index is 602. The van der Waals surface area contributed by atoms with Gasteiger partial charge in [-0.3, -0.25) is 0 Å². The van der Waals surface area contributed by atoms with Gasteiger partial charge in [-0.15, -0.1) is 11.3 Å². The van der Waals surface area contributed by atoms with E-state index in [1.807, 2.05) is 0 Å². The molecule has 21 heavy (non-hydrogen) atoms. The first-order valence-electron chi connectivity index (χ1n) is 7.83. The summed E-state index contributed by atoms with van der Waals surface area (Å²) in [5, 5.41) is 4.73. The van der Waals surface area contributed by atoms with Crippen molar-refractivity contribution in [1.82, 2.24) is 14.9 Å². The number of hydrogen-bond acceptors (Lipinski definition) is 5. The molecule has 0 bridgehead atoms. The Balaban J connectivity index is 2.25. The molecule has 2 aromatic rings. The van der Waals surface area contributed by atoms with Gasteiger partial charge in [0.25, 0.3) is 0 Å². The largest absolute Gasteiger partial charge is 0.368 e. The van der Waals surface area contributed by atoms with Crippen LogP contribution in [0.15, 0.2) is 0 Å². The van der Waals surface area contributed by atoms with Crippen molar-refractivity contribution in [1.29, 1.82) is 0 Å². The number of aromatic nitrogens is 2. The van der Waals surface area contributed by atoms with Gasteiger partial charge in [0.05, 0.1) is 5.39 Å². The number of thiophene rings is 1. The quantitative estimate of drug-likeness (QED) is 0.848. The third-order valence-corrected chi connectivity index (χ3v) is 5.11. The minimum absolute atomic E-state index is 0.872. The van der Waals surface area contributed by atoms with Crippen LogP contribution in [-0.2, 0) is 6.42 Å². The number of nitrogens with one attached hydrogen (secondary N) is 1. The summed E-state index contributed by atoms with van der Waals surface area (Å²) in [6.07, 6.45) is 0.872. The maximum atomic E-state index is 4.71. The number of anilines is 1. The van der Waals surface area contributed by atoms with Gasteiger partial charge in [0.15, 0.2) is 0 Å². The zero-order valence-corrected chi connectivity index (χ0v) is 14.6. The highest BCUT2D eigenvalue weighted by Gasteiger charge is 2.14. The monoisotopic (exact) mass is 306 g/mol. The van der Waals surface area contributed by atoms with E-state index in [1.54, 1.807) is 11.3 Å². The Morgan fingerprint density at radius 1 is 1.10 bits per heavy atom. The fourth-order valence-corrected chi connectivity index (χ4v) is 3.50. The molecule has 0 aliphatic rings. The molecule has 5 heteroatoms.